The van der Waals surface area contributed by atoms with Crippen LogP contribution in [-0.2, 0) is 19.6 Å². The average Bonchev–Trinajstić information content (AvgIpc) is 3.06. The van der Waals surface area contributed by atoms with E-state index in [2.05, 4.69) is 9.93 Å². The van der Waals surface area contributed by atoms with E-state index in [4.69, 9.17) is 9.62 Å². The first kappa shape index (κ1) is 10.0. The smallest absolute Gasteiger partial charge is 0.0984 e. The first-order valence-corrected chi connectivity index (χ1v) is 6.02. The topological polar surface area (TPSA) is 40.2 Å². The van der Waals surface area contributed by atoms with Crippen molar-refractivity contribution in [1.29, 1.82) is 0 Å². The molecule has 2 saturated heterocycles. The molecule has 0 aromatic rings. The number of fused-ring (bicyclic) bond motifs is 1. The molecule has 2 aliphatic heterocycles. The second-order valence-corrected chi connectivity index (χ2v) is 4.87. The maximum atomic E-state index is 5.52. The van der Waals surface area contributed by atoms with E-state index in [1.165, 1.54) is 25.7 Å². The number of epoxide rings is 1. The van der Waals surface area contributed by atoms with Gasteiger partial charge in [0.25, 0.3) is 0 Å². The number of hydrogen-bond donors (Lipinski definition) is 0. The second-order valence-electron chi connectivity index (χ2n) is 4.87. The minimum Gasteiger partial charge on any atom is -0.370 e. The van der Waals surface area contributed by atoms with Crippen molar-refractivity contribution >= 4 is 0 Å². The highest BCUT2D eigenvalue weighted by Gasteiger charge is 2.43. The fourth-order valence-corrected chi connectivity index (χ4v) is 2.71. The zero-order valence-electron chi connectivity index (χ0n) is 8.89. The van der Waals surface area contributed by atoms with Crippen molar-refractivity contribution in [3.8, 4) is 0 Å². The van der Waals surface area contributed by atoms with Crippen molar-refractivity contribution < 1.29 is 19.6 Å². The summed E-state index contributed by atoms with van der Waals surface area (Å²) in [6, 6.07) is 0. The number of hydrogen-bond acceptors (Lipinski definition) is 4. The largest absolute Gasteiger partial charge is 0.370 e. The summed E-state index contributed by atoms with van der Waals surface area (Å²) >= 11 is 0. The Labute approximate surface area is 89.7 Å². The summed E-state index contributed by atoms with van der Waals surface area (Å²) in [6.07, 6.45) is 8.57. The molecule has 3 aliphatic rings. The van der Waals surface area contributed by atoms with Gasteiger partial charge in [-0.15, -0.1) is 0 Å². The lowest BCUT2D eigenvalue weighted by molar-refractivity contribution is -0.549. The molecule has 4 unspecified atom stereocenters. The molecule has 1 aliphatic carbocycles. The Bertz CT molecular complexity index is 215. The van der Waals surface area contributed by atoms with Crippen LogP contribution in [0.25, 0.3) is 0 Å². The molecule has 0 bridgehead atoms. The third-order valence-electron chi connectivity index (χ3n) is 3.76. The molecule has 2 heterocycles. The van der Waals surface area contributed by atoms with Gasteiger partial charge in [-0.1, -0.05) is 5.04 Å². The Balaban J connectivity index is 1.37. The lowest BCUT2D eigenvalue weighted by Gasteiger charge is -2.23. The van der Waals surface area contributed by atoms with Gasteiger partial charge in [-0.05, 0) is 38.0 Å². The van der Waals surface area contributed by atoms with Gasteiger partial charge in [-0.2, -0.15) is 0 Å². The van der Waals surface area contributed by atoms with E-state index in [0.717, 1.165) is 18.8 Å². The van der Waals surface area contributed by atoms with Crippen molar-refractivity contribution in [3.05, 3.63) is 0 Å². The van der Waals surface area contributed by atoms with Crippen LogP contribution in [0.3, 0.4) is 0 Å². The summed E-state index contributed by atoms with van der Waals surface area (Å²) in [5.41, 5.74) is 0. The van der Waals surface area contributed by atoms with Crippen molar-refractivity contribution in [3.63, 3.8) is 0 Å². The van der Waals surface area contributed by atoms with Gasteiger partial charge in [-0.25, -0.2) is 9.78 Å². The first-order chi connectivity index (χ1) is 7.42. The van der Waals surface area contributed by atoms with Gasteiger partial charge in [-0.3, -0.25) is 0 Å². The summed E-state index contributed by atoms with van der Waals surface area (Å²) in [4.78, 5) is 9.73. The first-order valence-electron chi connectivity index (χ1n) is 6.02. The van der Waals surface area contributed by atoms with Crippen molar-refractivity contribution in [2.75, 3.05) is 6.61 Å². The molecule has 3 fully saturated rings. The van der Waals surface area contributed by atoms with Crippen molar-refractivity contribution in [1.82, 2.24) is 0 Å². The van der Waals surface area contributed by atoms with Gasteiger partial charge < -0.3 is 4.74 Å². The highest BCUT2D eigenvalue weighted by Crippen LogP contribution is 2.41. The van der Waals surface area contributed by atoms with Gasteiger partial charge in [0.15, 0.2) is 0 Å². The van der Waals surface area contributed by atoms with Crippen LogP contribution in [-0.4, -0.2) is 24.9 Å². The molecule has 4 atom stereocenters. The molecule has 0 aromatic carbocycles. The standard InChI is InChI=1S/C11H18O4/c1(3-9-5-6-12-15-14-9)8-2-4-10-11(7-8)13-10/h8-11H,1-7H2. The third kappa shape index (κ3) is 2.50. The third-order valence-corrected chi connectivity index (χ3v) is 3.76. The molecule has 15 heavy (non-hydrogen) atoms. The van der Waals surface area contributed by atoms with Crippen LogP contribution in [0.15, 0.2) is 0 Å². The maximum absolute atomic E-state index is 5.52. The Hall–Kier alpha value is -0.160. The van der Waals surface area contributed by atoms with E-state index in [-0.39, 0.29) is 6.10 Å². The zero-order valence-corrected chi connectivity index (χ0v) is 8.89. The molecular formula is C11H18O4. The summed E-state index contributed by atoms with van der Waals surface area (Å²) < 4.78 is 5.52. The number of rotatable bonds is 3. The van der Waals surface area contributed by atoms with Gasteiger partial charge in [0.2, 0.25) is 0 Å². The second kappa shape index (κ2) is 4.37. The van der Waals surface area contributed by atoms with E-state index < -0.39 is 0 Å². The number of ether oxygens (including phenoxy) is 1. The summed E-state index contributed by atoms with van der Waals surface area (Å²) in [5, 5.41) is 4.53. The molecule has 0 amide bonds. The van der Waals surface area contributed by atoms with Crippen LogP contribution in [0.2, 0.25) is 0 Å². The summed E-state index contributed by atoms with van der Waals surface area (Å²) in [7, 11) is 0. The quantitative estimate of drug-likeness (QED) is 0.532. The molecule has 0 N–H and O–H groups in total. The van der Waals surface area contributed by atoms with E-state index >= 15 is 0 Å². The summed E-state index contributed by atoms with van der Waals surface area (Å²) in [6.45, 7) is 0.656. The van der Waals surface area contributed by atoms with Gasteiger partial charge in [0.05, 0.1) is 24.9 Å². The van der Waals surface area contributed by atoms with E-state index in [1.54, 1.807) is 0 Å². The van der Waals surface area contributed by atoms with Crippen LogP contribution < -0.4 is 0 Å². The lowest BCUT2D eigenvalue weighted by atomic mass is 9.85. The fourth-order valence-electron chi connectivity index (χ4n) is 2.71. The van der Waals surface area contributed by atoms with Crippen LogP contribution in [0, 0.1) is 5.92 Å². The van der Waals surface area contributed by atoms with Gasteiger partial charge >= 0.3 is 0 Å². The lowest BCUT2D eigenvalue weighted by Crippen LogP contribution is -2.23. The van der Waals surface area contributed by atoms with Crippen LogP contribution in [0.5, 0.6) is 0 Å². The predicted octanol–water partition coefficient (Wildman–Crippen LogP) is 1.99. The van der Waals surface area contributed by atoms with E-state index in [1.807, 2.05) is 0 Å². The van der Waals surface area contributed by atoms with Crippen molar-refractivity contribution in [2.24, 2.45) is 5.92 Å². The molecule has 0 spiro atoms. The fraction of sp³-hybridized carbons (Fsp3) is 1.00. The van der Waals surface area contributed by atoms with Gasteiger partial charge in [0, 0.05) is 6.42 Å². The molecular weight excluding hydrogens is 196 g/mol. The molecule has 1 saturated carbocycles. The van der Waals surface area contributed by atoms with E-state index in [0.29, 0.717) is 18.8 Å². The highest BCUT2D eigenvalue weighted by atomic mass is 17.5. The van der Waals surface area contributed by atoms with Crippen LogP contribution >= 0.6 is 0 Å². The molecule has 0 aromatic heterocycles. The SMILES string of the molecule is C1CC(CCC2CCC3OC3C2)OOO1. The van der Waals surface area contributed by atoms with Crippen molar-refractivity contribution in [2.45, 2.75) is 56.8 Å². The average molecular weight is 214 g/mol. The normalized spacial score (nSPS) is 44.8. The molecule has 3 rings (SSSR count). The Morgan fingerprint density at radius 2 is 2.00 bits per heavy atom. The molecule has 0 radical (unpaired) electrons. The Morgan fingerprint density at radius 3 is 2.80 bits per heavy atom. The molecule has 86 valence electrons. The monoisotopic (exact) mass is 214 g/mol. The molecule has 4 nitrogen and oxygen atoms in total. The van der Waals surface area contributed by atoms with Gasteiger partial charge in [0.1, 0.15) is 0 Å². The Morgan fingerprint density at radius 1 is 1.00 bits per heavy atom. The van der Waals surface area contributed by atoms with Crippen LogP contribution in [0.4, 0.5) is 0 Å². The minimum absolute atomic E-state index is 0.233. The minimum atomic E-state index is 0.233. The highest BCUT2D eigenvalue weighted by molar-refractivity contribution is 4.91. The molecule has 4 heteroatoms. The Kier molecular flexibility index (Phi) is 2.92. The van der Waals surface area contributed by atoms with E-state index in [9.17, 15) is 0 Å². The van der Waals surface area contributed by atoms with Crippen LogP contribution in [0.1, 0.15) is 38.5 Å². The summed E-state index contributed by atoms with van der Waals surface area (Å²) in [5.74, 6) is 0.834. The zero-order chi connectivity index (χ0) is 10.1. The predicted molar refractivity (Wildman–Crippen MR) is 51.8 cm³/mol. The maximum Gasteiger partial charge on any atom is 0.0984 e.